The van der Waals surface area contributed by atoms with Gasteiger partial charge in [0.2, 0.25) is 0 Å². The Morgan fingerprint density at radius 2 is 2.06 bits per heavy atom. The summed E-state index contributed by atoms with van der Waals surface area (Å²) in [4.78, 5) is 13.2. The summed E-state index contributed by atoms with van der Waals surface area (Å²) in [5.41, 5.74) is 1.95. The van der Waals surface area contributed by atoms with Crippen molar-refractivity contribution in [3.8, 4) is 5.75 Å². The first kappa shape index (κ1) is 13.4. The van der Waals surface area contributed by atoms with Gasteiger partial charge >= 0.3 is 6.03 Å². The Balaban J connectivity index is 3.18. The van der Waals surface area contributed by atoms with E-state index >= 15 is 0 Å². The van der Waals surface area contributed by atoms with Crippen molar-refractivity contribution in [3.63, 3.8) is 0 Å². The maximum atomic E-state index is 11.6. The summed E-state index contributed by atoms with van der Waals surface area (Å²) >= 11 is 0. The molecule has 1 aromatic rings. The molecule has 94 valence electrons. The van der Waals surface area contributed by atoms with Crippen LogP contribution in [0.25, 0.3) is 0 Å². The molecule has 0 radical (unpaired) electrons. The fourth-order valence-electron chi connectivity index (χ4n) is 1.61. The highest BCUT2D eigenvalue weighted by atomic mass is 16.5. The van der Waals surface area contributed by atoms with E-state index in [0.717, 1.165) is 5.69 Å². The number of carbonyl (C=O) groups is 1. The first-order valence-electron chi connectivity index (χ1n) is 5.64. The zero-order chi connectivity index (χ0) is 13.0. The van der Waals surface area contributed by atoms with Gasteiger partial charge in [-0.05, 0) is 23.6 Å². The van der Waals surface area contributed by atoms with E-state index in [9.17, 15) is 4.79 Å². The summed E-state index contributed by atoms with van der Waals surface area (Å²) in [5, 5.41) is 2.59. The molecule has 0 aliphatic rings. The van der Waals surface area contributed by atoms with Crippen molar-refractivity contribution in [1.29, 1.82) is 0 Å². The number of ether oxygens (including phenoxy) is 1. The third-order valence-electron chi connectivity index (χ3n) is 2.75. The number of anilines is 1. The molecule has 0 atom stereocenters. The van der Waals surface area contributed by atoms with Crippen molar-refractivity contribution in [2.75, 3.05) is 26.1 Å². The van der Waals surface area contributed by atoms with Gasteiger partial charge in [-0.3, -0.25) is 4.90 Å². The Morgan fingerprint density at radius 3 is 2.53 bits per heavy atom. The van der Waals surface area contributed by atoms with E-state index in [1.54, 1.807) is 26.1 Å². The van der Waals surface area contributed by atoms with Crippen molar-refractivity contribution in [3.05, 3.63) is 23.8 Å². The van der Waals surface area contributed by atoms with Crippen molar-refractivity contribution < 1.29 is 9.53 Å². The molecule has 0 saturated carbocycles. The predicted octanol–water partition coefficient (Wildman–Crippen LogP) is 2.59. The molecule has 0 unspecified atom stereocenters. The van der Waals surface area contributed by atoms with Crippen molar-refractivity contribution in [2.24, 2.45) is 0 Å². The largest absolute Gasteiger partial charge is 0.495 e. The number of benzene rings is 1. The first-order valence-corrected chi connectivity index (χ1v) is 5.64. The zero-order valence-electron chi connectivity index (χ0n) is 11.1. The molecule has 0 aliphatic heterocycles. The molecule has 0 aliphatic carbocycles. The summed E-state index contributed by atoms with van der Waals surface area (Å²) < 4.78 is 5.27. The molecule has 0 saturated heterocycles. The molecule has 4 heteroatoms. The second-order valence-electron chi connectivity index (χ2n) is 4.20. The smallest absolute Gasteiger partial charge is 0.321 e. The number of rotatable bonds is 3. The van der Waals surface area contributed by atoms with E-state index in [-0.39, 0.29) is 6.03 Å². The van der Waals surface area contributed by atoms with Gasteiger partial charge in [-0.15, -0.1) is 0 Å². The van der Waals surface area contributed by atoms with Crippen LogP contribution in [0.3, 0.4) is 0 Å². The van der Waals surface area contributed by atoms with E-state index in [0.29, 0.717) is 11.7 Å². The lowest BCUT2D eigenvalue weighted by Gasteiger charge is -2.21. The fourth-order valence-corrected chi connectivity index (χ4v) is 1.61. The van der Waals surface area contributed by atoms with Crippen molar-refractivity contribution in [1.82, 2.24) is 5.32 Å². The topological polar surface area (TPSA) is 41.6 Å². The Kier molecular flexibility index (Phi) is 4.37. The van der Waals surface area contributed by atoms with Gasteiger partial charge in [-0.1, -0.05) is 19.9 Å². The van der Waals surface area contributed by atoms with E-state index in [1.807, 2.05) is 18.2 Å². The standard InChI is InChI=1S/C13H20N2O2/c1-9(2)10-6-7-12(17-5)11(8-10)15(4)13(16)14-3/h6-9H,1-5H3,(H,14,16). The van der Waals surface area contributed by atoms with Gasteiger partial charge in [-0.2, -0.15) is 0 Å². The number of hydrogen-bond acceptors (Lipinski definition) is 2. The van der Waals surface area contributed by atoms with Gasteiger partial charge in [0.15, 0.2) is 0 Å². The summed E-state index contributed by atoms with van der Waals surface area (Å²) in [5.74, 6) is 1.11. The molecule has 2 amide bonds. The van der Waals surface area contributed by atoms with Crippen molar-refractivity contribution >= 4 is 11.7 Å². The van der Waals surface area contributed by atoms with Crippen LogP contribution in [0.5, 0.6) is 5.75 Å². The Hall–Kier alpha value is -1.71. The molecule has 1 aromatic carbocycles. The van der Waals surface area contributed by atoms with Crippen LogP contribution in [-0.4, -0.2) is 27.2 Å². The van der Waals surface area contributed by atoms with Crippen LogP contribution in [0.4, 0.5) is 10.5 Å². The lowest BCUT2D eigenvalue weighted by molar-refractivity contribution is 0.249. The number of urea groups is 1. The molecule has 0 spiro atoms. The lowest BCUT2D eigenvalue weighted by Crippen LogP contribution is -2.35. The molecule has 0 aromatic heterocycles. The number of nitrogens with zero attached hydrogens (tertiary/aromatic N) is 1. The average molecular weight is 236 g/mol. The van der Waals surface area contributed by atoms with E-state index < -0.39 is 0 Å². The third-order valence-corrected chi connectivity index (χ3v) is 2.75. The third kappa shape index (κ3) is 2.90. The van der Waals surface area contributed by atoms with Crippen LogP contribution in [-0.2, 0) is 0 Å². The number of carbonyl (C=O) groups excluding carboxylic acids is 1. The van der Waals surface area contributed by atoms with Crippen LogP contribution < -0.4 is 15.0 Å². The molecule has 17 heavy (non-hydrogen) atoms. The monoisotopic (exact) mass is 236 g/mol. The Bertz CT molecular complexity index is 402. The number of hydrogen-bond donors (Lipinski definition) is 1. The summed E-state index contributed by atoms with van der Waals surface area (Å²) in [6, 6.07) is 5.73. The highest BCUT2D eigenvalue weighted by molar-refractivity contribution is 5.93. The van der Waals surface area contributed by atoms with Crippen LogP contribution in [0.2, 0.25) is 0 Å². The van der Waals surface area contributed by atoms with Gasteiger partial charge in [0.25, 0.3) is 0 Å². The minimum Gasteiger partial charge on any atom is -0.495 e. The highest BCUT2D eigenvalue weighted by Crippen LogP contribution is 2.31. The predicted molar refractivity (Wildman–Crippen MR) is 69.9 cm³/mol. The van der Waals surface area contributed by atoms with E-state index in [4.69, 9.17) is 4.74 Å². The summed E-state index contributed by atoms with van der Waals surface area (Å²) in [7, 11) is 4.93. The highest BCUT2D eigenvalue weighted by Gasteiger charge is 2.15. The minimum atomic E-state index is -0.163. The van der Waals surface area contributed by atoms with Gasteiger partial charge in [-0.25, -0.2) is 4.79 Å². The molecule has 1 rings (SSSR count). The summed E-state index contributed by atoms with van der Waals surface area (Å²) in [6.07, 6.45) is 0. The normalized spacial score (nSPS) is 10.2. The average Bonchev–Trinajstić information content (AvgIpc) is 2.35. The number of amides is 2. The second-order valence-corrected chi connectivity index (χ2v) is 4.20. The van der Waals surface area contributed by atoms with Crippen LogP contribution in [0.15, 0.2) is 18.2 Å². The van der Waals surface area contributed by atoms with Crippen LogP contribution >= 0.6 is 0 Å². The maximum absolute atomic E-state index is 11.6. The molecular formula is C13H20N2O2. The Labute approximate surface area is 103 Å². The van der Waals surface area contributed by atoms with Crippen molar-refractivity contribution in [2.45, 2.75) is 19.8 Å². The fraction of sp³-hybridized carbons (Fsp3) is 0.462. The second kappa shape index (κ2) is 5.57. The minimum absolute atomic E-state index is 0.163. The van der Waals surface area contributed by atoms with Gasteiger partial charge in [0.1, 0.15) is 5.75 Å². The van der Waals surface area contributed by atoms with Gasteiger partial charge < -0.3 is 10.1 Å². The first-order chi connectivity index (χ1) is 8.01. The van der Waals surface area contributed by atoms with Crippen LogP contribution in [0, 0.1) is 0 Å². The summed E-state index contributed by atoms with van der Waals surface area (Å²) in [6.45, 7) is 4.23. The molecule has 0 fully saturated rings. The quantitative estimate of drug-likeness (QED) is 0.876. The molecular weight excluding hydrogens is 216 g/mol. The molecule has 4 nitrogen and oxygen atoms in total. The molecule has 0 heterocycles. The zero-order valence-corrected chi connectivity index (χ0v) is 11.1. The Morgan fingerprint density at radius 1 is 1.41 bits per heavy atom. The van der Waals surface area contributed by atoms with Gasteiger partial charge in [0, 0.05) is 14.1 Å². The van der Waals surface area contributed by atoms with Gasteiger partial charge in [0.05, 0.1) is 12.8 Å². The maximum Gasteiger partial charge on any atom is 0.321 e. The van der Waals surface area contributed by atoms with E-state index in [1.165, 1.54) is 5.56 Å². The number of methoxy groups -OCH3 is 1. The SMILES string of the molecule is CNC(=O)N(C)c1cc(C(C)C)ccc1OC. The lowest BCUT2D eigenvalue weighted by atomic mass is 10.0. The molecule has 0 bridgehead atoms. The van der Waals surface area contributed by atoms with E-state index in [2.05, 4.69) is 19.2 Å². The van der Waals surface area contributed by atoms with Crippen LogP contribution in [0.1, 0.15) is 25.3 Å². The molecule has 1 N–H and O–H groups in total. The number of nitrogens with one attached hydrogen (secondary N) is 1.